The molecule has 0 atom stereocenters. The second kappa shape index (κ2) is 7.24. The molecule has 6 heteroatoms. The summed E-state index contributed by atoms with van der Waals surface area (Å²) >= 11 is 5.85. The molecule has 23 heavy (non-hydrogen) atoms. The number of nitrogens with zero attached hydrogens (tertiary/aromatic N) is 1. The molecule has 2 rings (SSSR count). The lowest BCUT2D eigenvalue weighted by Crippen LogP contribution is -2.24. The molecule has 0 fully saturated rings. The van der Waals surface area contributed by atoms with E-state index in [0.29, 0.717) is 5.56 Å². The Morgan fingerprint density at radius 1 is 1.13 bits per heavy atom. The van der Waals surface area contributed by atoms with Crippen LogP contribution in [0.5, 0.6) is 0 Å². The van der Waals surface area contributed by atoms with Gasteiger partial charge in [-0.2, -0.15) is 0 Å². The first kappa shape index (κ1) is 17.0. The largest absolute Gasteiger partial charge is 0.348 e. The average Bonchev–Trinajstić information content (AvgIpc) is 2.52. The van der Waals surface area contributed by atoms with Gasteiger partial charge in [-0.1, -0.05) is 29.8 Å². The zero-order valence-electron chi connectivity index (χ0n) is 12.8. The van der Waals surface area contributed by atoms with Crippen LogP contribution in [0.25, 0.3) is 0 Å². The topological polar surface area (TPSA) is 49.4 Å². The summed E-state index contributed by atoms with van der Waals surface area (Å²) in [4.78, 5) is 25.3. The van der Waals surface area contributed by atoms with E-state index < -0.39 is 11.7 Å². The maximum Gasteiger partial charge on any atom is 0.256 e. The first-order valence-corrected chi connectivity index (χ1v) is 7.30. The molecule has 1 N–H and O–H groups in total. The lowest BCUT2D eigenvalue weighted by molar-refractivity contribution is 0.0827. The number of amides is 2. The monoisotopic (exact) mass is 334 g/mol. The van der Waals surface area contributed by atoms with Crippen molar-refractivity contribution < 1.29 is 14.0 Å². The van der Waals surface area contributed by atoms with Gasteiger partial charge in [0.2, 0.25) is 0 Å². The van der Waals surface area contributed by atoms with Gasteiger partial charge < -0.3 is 10.2 Å². The Hall–Kier alpha value is -2.40. The van der Waals surface area contributed by atoms with E-state index in [1.807, 2.05) is 0 Å². The zero-order valence-corrected chi connectivity index (χ0v) is 13.5. The number of rotatable bonds is 4. The molecule has 120 valence electrons. The van der Waals surface area contributed by atoms with Crippen molar-refractivity contribution in [2.45, 2.75) is 6.54 Å². The van der Waals surface area contributed by atoms with Crippen LogP contribution in [0.2, 0.25) is 5.02 Å². The van der Waals surface area contributed by atoms with E-state index in [0.717, 1.165) is 5.56 Å². The molecule has 0 radical (unpaired) electrons. The summed E-state index contributed by atoms with van der Waals surface area (Å²) < 4.78 is 13.7. The van der Waals surface area contributed by atoms with E-state index in [1.54, 1.807) is 38.4 Å². The van der Waals surface area contributed by atoms with E-state index in [9.17, 15) is 14.0 Å². The van der Waals surface area contributed by atoms with Gasteiger partial charge in [-0.15, -0.1) is 0 Å². The van der Waals surface area contributed by atoms with Crippen molar-refractivity contribution in [2.75, 3.05) is 14.1 Å². The molecule has 2 aromatic rings. The van der Waals surface area contributed by atoms with Gasteiger partial charge in [-0.3, -0.25) is 9.59 Å². The van der Waals surface area contributed by atoms with Crippen molar-refractivity contribution >= 4 is 23.4 Å². The Bertz CT molecular complexity index is 710. The highest BCUT2D eigenvalue weighted by Gasteiger charge is 2.15. The van der Waals surface area contributed by atoms with E-state index in [1.165, 1.54) is 23.1 Å². The number of halogens is 2. The molecule has 0 bridgehead atoms. The molecule has 4 nitrogen and oxygen atoms in total. The average molecular weight is 335 g/mol. The van der Waals surface area contributed by atoms with Crippen LogP contribution in [0.15, 0.2) is 42.5 Å². The van der Waals surface area contributed by atoms with E-state index in [2.05, 4.69) is 5.32 Å². The fourth-order valence-electron chi connectivity index (χ4n) is 2.01. The molecule has 0 unspecified atom stereocenters. The number of hydrogen-bond donors (Lipinski definition) is 1. The summed E-state index contributed by atoms with van der Waals surface area (Å²) in [6, 6.07) is 10.9. The maximum absolute atomic E-state index is 13.7. The Labute approximate surface area is 138 Å². The molecule has 0 spiro atoms. The molecule has 0 aliphatic heterocycles. The highest BCUT2D eigenvalue weighted by Crippen LogP contribution is 2.18. The van der Waals surface area contributed by atoms with Crippen LogP contribution in [0.4, 0.5) is 4.39 Å². The number of nitrogens with one attached hydrogen (secondary N) is 1. The van der Waals surface area contributed by atoms with Crippen molar-refractivity contribution in [3.05, 3.63) is 70.0 Å². The number of hydrogen-bond acceptors (Lipinski definition) is 2. The summed E-state index contributed by atoms with van der Waals surface area (Å²) in [6.45, 7) is 0.208. The molecule has 0 aliphatic rings. The molecule has 0 aliphatic carbocycles. The third kappa shape index (κ3) is 4.07. The van der Waals surface area contributed by atoms with Crippen molar-refractivity contribution in [3.8, 4) is 0 Å². The predicted octanol–water partition coefficient (Wildman–Crippen LogP) is 3.11. The van der Waals surface area contributed by atoms with E-state index in [4.69, 9.17) is 11.6 Å². The summed E-state index contributed by atoms with van der Waals surface area (Å²) in [5, 5.41) is 2.67. The normalized spacial score (nSPS) is 10.3. The Morgan fingerprint density at radius 3 is 2.35 bits per heavy atom. The molecule has 0 aromatic heterocycles. The van der Waals surface area contributed by atoms with Gasteiger partial charge in [0, 0.05) is 26.2 Å². The van der Waals surface area contributed by atoms with Gasteiger partial charge in [-0.05, 0) is 29.8 Å². The molecule has 0 heterocycles. The highest BCUT2D eigenvalue weighted by atomic mass is 35.5. The van der Waals surface area contributed by atoms with Crippen molar-refractivity contribution in [1.29, 1.82) is 0 Å². The fraction of sp³-hybridized carbons (Fsp3) is 0.176. The fourth-order valence-corrected chi connectivity index (χ4v) is 2.26. The van der Waals surface area contributed by atoms with E-state index in [-0.39, 0.29) is 23.0 Å². The lowest BCUT2D eigenvalue weighted by Gasteiger charge is -2.11. The minimum Gasteiger partial charge on any atom is -0.348 e. The van der Waals surface area contributed by atoms with Crippen LogP contribution in [0.3, 0.4) is 0 Å². The van der Waals surface area contributed by atoms with Crippen LogP contribution < -0.4 is 5.32 Å². The van der Waals surface area contributed by atoms with Crippen LogP contribution in [0.1, 0.15) is 26.3 Å². The number of carbonyl (C=O) groups excluding carboxylic acids is 2. The SMILES string of the molecule is CN(C)C(=O)c1ccc(CNC(=O)c2c(F)cccc2Cl)cc1. The van der Waals surface area contributed by atoms with Gasteiger partial charge in [0.25, 0.3) is 11.8 Å². The van der Waals surface area contributed by atoms with Crippen molar-refractivity contribution in [1.82, 2.24) is 10.2 Å². The third-order valence-electron chi connectivity index (χ3n) is 3.25. The predicted molar refractivity (Wildman–Crippen MR) is 87.0 cm³/mol. The highest BCUT2D eigenvalue weighted by molar-refractivity contribution is 6.33. The summed E-state index contributed by atoms with van der Waals surface area (Å²) in [5.41, 5.74) is 1.18. The second-order valence-corrected chi connectivity index (χ2v) is 5.58. The minimum atomic E-state index is -0.665. The van der Waals surface area contributed by atoms with Gasteiger partial charge in [0.05, 0.1) is 10.6 Å². The number of carbonyl (C=O) groups is 2. The first-order valence-electron chi connectivity index (χ1n) is 6.93. The van der Waals surface area contributed by atoms with Crippen molar-refractivity contribution in [3.63, 3.8) is 0 Å². The second-order valence-electron chi connectivity index (χ2n) is 5.18. The standard InChI is InChI=1S/C17H16ClFN2O2/c1-21(2)17(23)12-8-6-11(7-9-12)10-20-16(22)15-13(18)4-3-5-14(15)19/h3-9H,10H2,1-2H3,(H,20,22). The smallest absolute Gasteiger partial charge is 0.256 e. The molecular formula is C17H16ClFN2O2. The Balaban J connectivity index is 2.04. The van der Waals surface area contributed by atoms with Gasteiger partial charge in [0.1, 0.15) is 5.82 Å². The summed E-state index contributed by atoms with van der Waals surface area (Å²) in [6.07, 6.45) is 0. The first-order chi connectivity index (χ1) is 10.9. The zero-order chi connectivity index (χ0) is 17.0. The number of benzene rings is 2. The maximum atomic E-state index is 13.7. The molecule has 0 saturated carbocycles. The minimum absolute atomic E-state index is 0.0643. The van der Waals surface area contributed by atoms with Gasteiger partial charge in [-0.25, -0.2) is 4.39 Å². The van der Waals surface area contributed by atoms with Crippen LogP contribution >= 0.6 is 11.6 Å². The van der Waals surface area contributed by atoms with Gasteiger partial charge >= 0.3 is 0 Å². The van der Waals surface area contributed by atoms with Crippen LogP contribution in [-0.4, -0.2) is 30.8 Å². The van der Waals surface area contributed by atoms with Gasteiger partial charge in [0.15, 0.2) is 0 Å². The third-order valence-corrected chi connectivity index (χ3v) is 3.56. The molecule has 2 aromatic carbocycles. The summed E-state index contributed by atoms with van der Waals surface area (Å²) in [7, 11) is 3.35. The molecular weight excluding hydrogens is 319 g/mol. The quantitative estimate of drug-likeness (QED) is 0.934. The molecule has 0 saturated heterocycles. The van der Waals surface area contributed by atoms with E-state index >= 15 is 0 Å². The Morgan fingerprint density at radius 2 is 1.78 bits per heavy atom. The van der Waals surface area contributed by atoms with Crippen LogP contribution in [0, 0.1) is 5.82 Å². The van der Waals surface area contributed by atoms with Crippen LogP contribution in [-0.2, 0) is 6.54 Å². The van der Waals surface area contributed by atoms with Crippen molar-refractivity contribution in [2.24, 2.45) is 0 Å². The lowest BCUT2D eigenvalue weighted by atomic mass is 10.1. The molecule has 2 amide bonds. The Kier molecular flexibility index (Phi) is 5.34. The summed E-state index contributed by atoms with van der Waals surface area (Å²) in [5.74, 6) is -1.35.